The third-order valence-electron chi connectivity index (χ3n) is 2.90. The van der Waals surface area contributed by atoms with Gasteiger partial charge in [-0.1, -0.05) is 32.0 Å². The Morgan fingerprint density at radius 1 is 1.31 bits per heavy atom. The van der Waals surface area contributed by atoms with E-state index in [2.05, 4.69) is 13.8 Å². The van der Waals surface area contributed by atoms with Crippen LogP contribution in [0.5, 0.6) is 5.75 Å². The van der Waals surface area contributed by atoms with Gasteiger partial charge in [-0.2, -0.15) is 0 Å². The first-order valence-electron chi connectivity index (χ1n) is 5.83. The maximum atomic E-state index is 10.5. The molecule has 2 heteroatoms. The summed E-state index contributed by atoms with van der Waals surface area (Å²) in [6, 6.07) is 7.67. The molecule has 0 aliphatic heterocycles. The zero-order valence-corrected chi connectivity index (χ0v) is 10.7. The van der Waals surface area contributed by atoms with E-state index in [-0.39, 0.29) is 0 Å². The standard InChI is InChI=1S/C14H22O2/c1-11(2)9-10-14(3,15)12-7-5-6-8-13(12)16-4/h5-8,11,15H,9-10H2,1-4H3. The van der Waals surface area contributed by atoms with Gasteiger partial charge in [0.1, 0.15) is 5.75 Å². The summed E-state index contributed by atoms with van der Waals surface area (Å²) in [5.74, 6) is 1.36. The van der Waals surface area contributed by atoms with Crippen molar-refractivity contribution in [2.75, 3.05) is 7.11 Å². The summed E-state index contributed by atoms with van der Waals surface area (Å²) in [7, 11) is 1.64. The molecule has 0 aliphatic rings. The summed E-state index contributed by atoms with van der Waals surface area (Å²) in [5, 5.41) is 10.5. The lowest BCUT2D eigenvalue weighted by atomic mass is 9.88. The zero-order valence-electron chi connectivity index (χ0n) is 10.7. The summed E-state index contributed by atoms with van der Waals surface area (Å²) in [5.41, 5.74) is 0.0646. The fourth-order valence-electron chi connectivity index (χ4n) is 1.79. The molecule has 0 aromatic heterocycles. The van der Waals surface area contributed by atoms with Crippen molar-refractivity contribution in [3.05, 3.63) is 29.8 Å². The predicted octanol–water partition coefficient (Wildman–Crippen LogP) is 3.34. The van der Waals surface area contributed by atoms with Crippen LogP contribution in [0.1, 0.15) is 39.2 Å². The lowest BCUT2D eigenvalue weighted by Gasteiger charge is -2.26. The Morgan fingerprint density at radius 2 is 1.94 bits per heavy atom. The number of methoxy groups -OCH3 is 1. The molecule has 1 rings (SSSR count). The number of rotatable bonds is 5. The van der Waals surface area contributed by atoms with Gasteiger partial charge in [-0.05, 0) is 31.7 Å². The van der Waals surface area contributed by atoms with Crippen molar-refractivity contribution in [2.45, 2.75) is 39.2 Å². The Bertz CT molecular complexity index is 329. The molecule has 0 heterocycles. The van der Waals surface area contributed by atoms with E-state index in [9.17, 15) is 5.11 Å². The molecule has 0 aliphatic carbocycles. The fraction of sp³-hybridized carbons (Fsp3) is 0.571. The van der Waals surface area contributed by atoms with Crippen molar-refractivity contribution in [2.24, 2.45) is 5.92 Å². The quantitative estimate of drug-likeness (QED) is 0.828. The van der Waals surface area contributed by atoms with Crippen LogP contribution in [0.3, 0.4) is 0 Å². The Balaban J connectivity index is 2.88. The van der Waals surface area contributed by atoms with Gasteiger partial charge in [0.2, 0.25) is 0 Å². The van der Waals surface area contributed by atoms with Gasteiger partial charge >= 0.3 is 0 Å². The van der Waals surface area contributed by atoms with Gasteiger partial charge in [0.25, 0.3) is 0 Å². The fourth-order valence-corrected chi connectivity index (χ4v) is 1.79. The molecular formula is C14H22O2. The van der Waals surface area contributed by atoms with E-state index in [0.717, 1.165) is 24.2 Å². The predicted molar refractivity (Wildman–Crippen MR) is 66.6 cm³/mol. The van der Waals surface area contributed by atoms with Crippen LogP contribution in [0.15, 0.2) is 24.3 Å². The van der Waals surface area contributed by atoms with E-state index in [1.807, 2.05) is 31.2 Å². The second kappa shape index (κ2) is 5.35. The highest BCUT2D eigenvalue weighted by Crippen LogP contribution is 2.33. The Morgan fingerprint density at radius 3 is 2.50 bits per heavy atom. The van der Waals surface area contributed by atoms with E-state index < -0.39 is 5.60 Å². The molecule has 0 bridgehead atoms. The molecule has 0 radical (unpaired) electrons. The average Bonchev–Trinajstić information content (AvgIpc) is 2.26. The number of aliphatic hydroxyl groups is 1. The SMILES string of the molecule is COc1ccccc1C(C)(O)CCC(C)C. The lowest BCUT2D eigenvalue weighted by molar-refractivity contribution is 0.0396. The van der Waals surface area contributed by atoms with Crippen molar-refractivity contribution in [3.63, 3.8) is 0 Å². The Labute approximate surface area is 98.3 Å². The molecule has 16 heavy (non-hydrogen) atoms. The molecule has 0 saturated carbocycles. The molecule has 1 unspecified atom stereocenters. The highest BCUT2D eigenvalue weighted by atomic mass is 16.5. The largest absolute Gasteiger partial charge is 0.496 e. The lowest BCUT2D eigenvalue weighted by Crippen LogP contribution is -2.22. The molecule has 90 valence electrons. The normalized spacial score (nSPS) is 14.9. The number of ether oxygens (including phenoxy) is 1. The highest BCUT2D eigenvalue weighted by Gasteiger charge is 2.26. The third-order valence-corrected chi connectivity index (χ3v) is 2.90. The van der Waals surface area contributed by atoms with Crippen molar-refractivity contribution in [3.8, 4) is 5.75 Å². The molecular weight excluding hydrogens is 200 g/mol. The van der Waals surface area contributed by atoms with Crippen LogP contribution in [-0.2, 0) is 5.60 Å². The van der Waals surface area contributed by atoms with Crippen LogP contribution in [0.2, 0.25) is 0 Å². The third kappa shape index (κ3) is 3.24. The average molecular weight is 222 g/mol. The maximum Gasteiger partial charge on any atom is 0.124 e. The number of benzene rings is 1. The first-order valence-corrected chi connectivity index (χ1v) is 5.83. The van der Waals surface area contributed by atoms with Crippen LogP contribution in [0, 0.1) is 5.92 Å². The van der Waals surface area contributed by atoms with Gasteiger partial charge in [0.05, 0.1) is 12.7 Å². The topological polar surface area (TPSA) is 29.5 Å². The summed E-state index contributed by atoms with van der Waals surface area (Å²) in [6.45, 7) is 6.18. The van der Waals surface area contributed by atoms with Crippen LogP contribution < -0.4 is 4.74 Å². The summed E-state index contributed by atoms with van der Waals surface area (Å²) < 4.78 is 5.28. The number of hydrogen-bond donors (Lipinski definition) is 1. The van der Waals surface area contributed by atoms with E-state index in [1.54, 1.807) is 7.11 Å². The van der Waals surface area contributed by atoms with Crippen LogP contribution in [0.25, 0.3) is 0 Å². The van der Waals surface area contributed by atoms with Crippen LogP contribution in [-0.4, -0.2) is 12.2 Å². The maximum absolute atomic E-state index is 10.5. The van der Waals surface area contributed by atoms with E-state index in [0.29, 0.717) is 5.92 Å². The van der Waals surface area contributed by atoms with E-state index in [1.165, 1.54) is 0 Å². The minimum absolute atomic E-state index is 0.598. The molecule has 0 spiro atoms. The van der Waals surface area contributed by atoms with Crippen molar-refractivity contribution >= 4 is 0 Å². The molecule has 1 N–H and O–H groups in total. The van der Waals surface area contributed by atoms with Crippen molar-refractivity contribution in [1.29, 1.82) is 0 Å². The van der Waals surface area contributed by atoms with E-state index >= 15 is 0 Å². The van der Waals surface area contributed by atoms with Gasteiger partial charge < -0.3 is 9.84 Å². The Hall–Kier alpha value is -1.02. The number of para-hydroxylation sites is 1. The summed E-state index contributed by atoms with van der Waals surface area (Å²) >= 11 is 0. The zero-order chi connectivity index (χ0) is 12.2. The molecule has 1 atom stereocenters. The Kier molecular flexibility index (Phi) is 4.36. The van der Waals surface area contributed by atoms with E-state index in [4.69, 9.17) is 4.74 Å². The van der Waals surface area contributed by atoms with Gasteiger partial charge in [-0.25, -0.2) is 0 Å². The highest BCUT2D eigenvalue weighted by molar-refractivity contribution is 5.37. The first-order chi connectivity index (χ1) is 7.47. The molecule has 0 saturated heterocycles. The van der Waals surface area contributed by atoms with Crippen molar-refractivity contribution < 1.29 is 9.84 Å². The second-order valence-corrected chi connectivity index (χ2v) is 4.91. The molecule has 1 aromatic carbocycles. The van der Waals surface area contributed by atoms with Crippen LogP contribution >= 0.6 is 0 Å². The van der Waals surface area contributed by atoms with Crippen LogP contribution in [0.4, 0.5) is 0 Å². The molecule has 2 nitrogen and oxygen atoms in total. The van der Waals surface area contributed by atoms with Gasteiger partial charge in [0.15, 0.2) is 0 Å². The smallest absolute Gasteiger partial charge is 0.124 e. The first kappa shape index (κ1) is 13.0. The van der Waals surface area contributed by atoms with Gasteiger partial charge in [-0.15, -0.1) is 0 Å². The second-order valence-electron chi connectivity index (χ2n) is 4.91. The van der Waals surface area contributed by atoms with Gasteiger partial charge in [0, 0.05) is 5.56 Å². The minimum Gasteiger partial charge on any atom is -0.496 e. The monoisotopic (exact) mass is 222 g/mol. The minimum atomic E-state index is -0.809. The molecule has 0 amide bonds. The molecule has 0 fully saturated rings. The van der Waals surface area contributed by atoms with Gasteiger partial charge in [-0.3, -0.25) is 0 Å². The molecule has 1 aromatic rings. The summed E-state index contributed by atoms with van der Waals surface area (Å²) in [6.07, 6.45) is 1.76. The summed E-state index contributed by atoms with van der Waals surface area (Å²) in [4.78, 5) is 0. The number of hydrogen-bond acceptors (Lipinski definition) is 2. The van der Waals surface area contributed by atoms with Crippen molar-refractivity contribution in [1.82, 2.24) is 0 Å².